The lowest BCUT2D eigenvalue weighted by molar-refractivity contribution is -0.136. The predicted octanol–water partition coefficient (Wildman–Crippen LogP) is 0.739. The lowest BCUT2D eigenvalue weighted by Crippen LogP contribution is -2.50. The van der Waals surface area contributed by atoms with Crippen LogP contribution in [0.5, 0.6) is 5.88 Å². The summed E-state index contributed by atoms with van der Waals surface area (Å²) < 4.78 is 38.2. The first-order valence-corrected chi connectivity index (χ1v) is 12.0. The van der Waals surface area contributed by atoms with E-state index in [1.807, 2.05) is 6.92 Å². The lowest BCUT2D eigenvalue weighted by Gasteiger charge is -2.32. The molecule has 10 heteroatoms. The molecule has 1 aliphatic carbocycles. The maximum absolute atomic E-state index is 12.9. The summed E-state index contributed by atoms with van der Waals surface area (Å²) in [7, 11) is -3.38. The van der Waals surface area contributed by atoms with Crippen LogP contribution < -0.4 is 9.46 Å². The molecule has 160 valence electrons. The number of fused-ring (bicyclic) bond motifs is 5. The molecule has 0 radical (unpaired) electrons. The van der Waals surface area contributed by atoms with Crippen molar-refractivity contribution in [2.45, 2.75) is 63.1 Å². The molecule has 3 aliphatic heterocycles. The summed E-state index contributed by atoms with van der Waals surface area (Å²) in [6.45, 7) is 2.60. The van der Waals surface area contributed by atoms with Crippen molar-refractivity contribution in [3.63, 3.8) is 0 Å². The number of rotatable bonds is 2. The van der Waals surface area contributed by atoms with Crippen LogP contribution in [0.3, 0.4) is 0 Å². The number of aromatic nitrogens is 2. The Morgan fingerprint density at radius 1 is 1.17 bits per heavy atom. The molecular formula is C19H28N4O5S. The Bertz CT molecular complexity index is 869. The van der Waals surface area contributed by atoms with Crippen LogP contribution in [0.15, 0.2) is 6.33 Å². The van der Waals surface area contributed by atoms with Gasteiger partial charge < -0.3 is 14.4 Å². The number of nitrogens with zero attached hydrogens (tertiary/aromatic N) is 3. The number of nitrogens with one attached hydrogen (secondary N) is 1. The van der Waals surface area contributed by atoms with Crippen LogP contribution in [-0.2, 0) is 19.6 Å². The van der Waals surface area contributed by atoms with Crippen LogP contribution in [0, 0.1) is 6.92 Å². The van der Waals surface area contributed by atoms with Crippen LogP contribution in [0.1, 0.15) is 49.3 Å². The Kier molecular flexibility index (Phi) is 5.76. The summed E-state index contributed by atoms with van der Waals surface area (Å²) in [5.41, 5.74) is 1.88. The molecule has 0 aromatic carbocycles. The maximum Gasteiger partial charge on any atom is 0.260 e. The zero-order valence-corrected chi connectivity index (χ0v) is 17.7. The van der Waals surface area contributed by atoms with Gasteiger partial charge in [-0.25, -0.2) is 23.1 Å². The average Bonchev–Trinajstić information content (AvgIpc) is 3.05. The SMILES string of the molecule is Cc1ncnc2c1C1CCC(CC1)OCC1C(NS(C)(=O)=O)CCN1C(=O)CO2. The van der Waals surface area contributed by atoms with Crippen LogP contribution in [0.25, 0.3) is 0 Å². The Hall–Kier alpha value is -1.78. The standard InChI is InChI=1S/C19H28N4O5S/c1-12-18-13-3-5-14(6-4-13)27-9-16-15(22-29(2,25)26)7-8-23(16)17(24)10-28-19(18)21-11-20-12/h11,13-16,22H,3-10H2,1-2H3. The molecule has 4 heterocycles. The van der Waals surface area contributed by atoms with E-state index in [1.165, 1.54) is 6.33 Å². The zero-order chi connectivity index (χ0) is 20.6. The van der Waals surface area contributed by atoms with E-state index in [9.17, 15) is 13.2 Å². The number of sulfonamides is 1. The van der Waals surface area contributed by atoms with Crippen LogP contribution in [0.2, 0.25) is 0 Å². The van der Waals surface area contributed by atoms with Crippen LogP contribution in [0.4, 0.5) is 0 Å². The summed E-state index contributed by atoms with van der Waals surface area (Å²) in [6, 6.07) is -0.696. The monoisotopic (exact) mass is 424 g/mol. The van der Waals surface area contributed by atoms with Gasteiger partial charge in [-0.15, -0.1) is 0 Å². The summed E-state index contributed by atoms with van der Waals surface area (Å²) in [4.78, 5) is 23.2. The minimum Gasteiger partial charge on any atom is -0.467 e. The molecule has 9 nitrogen and oxygen atoms in total. The average molecular weight is 425 g/mol. The van der Waals surface area contributed by atoms with Crippen molar-refractivity contribution < 1.29 is 22.7 Å². The first-order chi connectivity index (χ1) is 13.8. The molecule has 1 aromatic rings. The molecule has 2 atom stereocenters. The number of carbonyl (C=O) groups excluding carboxylic acids is 1. The fraction of sp³-hybridized carbons (Fsp3) is 0.737. The Balaban J connectivity index is 1.61. The van der Waals surface area contributed by atoms with Gasteiger partial charge in [0.2, 0.25) is 15.9 Å². The van der Waals surface area contributed by atoms with Crippen molar-refractivity contribution in [2.24, 2.45) is 0 Å². The number of hydrogen-bond acceptors (Lipinski definition) is 7. The quantitative estimate of drug-likeness (QED) is 0.745. The fourth-order valence-electron chi connectivity index (χ4n) is 4.79. The summed E-state index contributed by atoms with van der Waals surface area (Å²) in [5, 5.41) is 0. The van der Waals surface area contributed by atoms with Crippen LogP contribution in [-0.4, -0.2) is 73.4 Å². The summed E-state index contributed by atoms with van der Waals surface area (Å²) in [5.74, 6) is 0.586. The minimum absolute atomic E-state index is 0.109. The van der Waals surface area contributed by atoms with Gasteiger partial charge in [-0.3, -0.25) is 4.79 Å². The molecule has 5 rings (SSSR count). The van der Waals surface area contributed by atoms with E-state index in [1.54, 1.807) is 4.90 Å². The highest BCUT2D eigenvalue weighted by Crippen LogP contribution is 2.39. The molecule has 2 fully saturated rings. The zero-order valence-electron chi connectivity index (χ0n) is 16.8. The number of carbonyl (C=O) groups is 1. The van der Waals surface area contributed by atoms with E-state index in [2.05, 4.69) is 14.7 Å². The van der Waals surface area contributed by atoms with Gasteiger partial charge in [-0.2, -0.15) is 0 Å². The molecular weight excluding hydrogens is 396 g/mol. The number of aryl methyl sites for hydroxylation is 1. The third kappa shape index (κ3) is 4.54. The molecule has 29 heavy (non-hydrogen) atoms. The van der Waals surface area contributed by atoms with Gasteiger partial charge in [0.05, 0.1) is 25.0 Å². The molecule has 1 saturated heterocycles. The van der Waals surface area contributed by atoms with Gasteiger partial charge in [0, 0.05) is 23.8 Å². The number of ether oxygens (including phenoxy) is 2. The molecule has 1 N–H and O–H groups in total. The number of amides is 1. The molecule has 1 amide bonds. The highest BCUT2D eigenvalue weighted by Gasteiger charge is 2.40. The molecule has 0 spiro atoms. The largest absolute Gasteiger partial charge is 0.467 e. The number of hydrogen-bond donors (Lipinski definition) is 1. The van der Waals surface area contributed by atoms with Crippen LogP contribution >= 0.6 is 0 Å². The van der Waals surface area contributed by atoms with E-state index in [4.69, 9.17) is 9.47 Å². The second kappa shape index (κ2) is 8.16. The van der Waals surface area contributed by atoms with Gasteiger partial charge in [-0.05, 0) is 44.9 Å². The smallest absolute Gasteiger partial charge is 0.260 e. The molecule has 2 bridgehead atoms. The first-order valence-electron chi connectivity index (χ1n) is 10.1. The topological polar surface area (TPSA) is 111 Å². The Morgan fingerprint density at radius 2 is 1.93 bits per heavy atom. The van der Waals surface area contributed by atoms with E-state index in [0.717, 1.165) is 43.2 Å². The molecule has 1 saturated carbocycles. The fourth-order valence-corrected chi connectivity index (χ4v) is 5.62. The van der Waals surface area contributed by atoms with Gasteiger partial charge in [0.1, 0.15) is 6.33 Å². The summed E-state index contributed by atoms with van der Waals surface area (Å²) in [6.07, 6.45) is 6.98. The van der Waals surface area contributed by atoms with Gasteiger partial charge in [0.15, 0.2) is 6.61 Å². The highest BCUT2D eigenvalue weighted by atomic mass is 32.2. The van der Waals surface area contributed by atoms with E-state index < -0.39 is 10.0 Å². The van der Waals surface area contributed by atoms with Crippen molar-refractivity contribution in [2.75, 3.05) is 26.0 Å². The van der Waals surface area contributed by atoms with Gasteiger partial charge in [0.25, 0.3) is 5.91 Å². The molecule has 1 aromatic heterocycles. The van der Waals surface area contributed by atoms with Gasteiger partial charge in [-0.1, -0.05) is 0 Å². The normalized spacial score (nSPS) is 30.6. The minimum atomic E-state index is -3.38. The molecule has 2 unspecified atom stereocenters. The van der Waals surface area contributed by atoms with Crippen molar-refractivity contribution in [3.05, 3.63) is 17.6 Å². The third-order valence-electron chi connectivity index (χ3n) is 6.20. The van der Waals surface area contributed by atoms with E-state index in [0.29, 0.717) is 31.4 Å². The second-order valence-corrected chi connectivity index (χ2v) is 9.99. The Labute approximate surface area is 171 Å². The predicted molar refractivity (Wildman–Crippen MR) is 105 cm³/mol. The second-order valence-electron chi connectivity index (χ2n) is 8.21. The van der Waals surface area contributed by atoms with E-state index >= 15 is 0 Å². The summed E-state index contributed by atoms with van der Waals surface area (Å²) >= 11 is 0. The van der Waals surface area contributed by atoms with Gasteiger partial charge >= 0.3 is 0 Å². The molecule has 4 aliphatic rings. The van der Waals surface area contributed by atoms with Crippen molar-refractivity contribution in [1.29, 1.82) is 0 Å². The Morgan fingerprint density at radius 3 is 2.66 bits per heavy atom. The maximum atomic E-state index is 12.9. The highest BCUT2D eigenvalue weighted by molar-refractivity contribution is 7.88. The van der Waals surface area contributed by atoms with E-state index in [-0.39, 0.29) is 30.7 Å². The lowest BCUT2D eigenvalue weighted by atomic mass is 9.82. The third-order valence-corrected chi connectivity index (χ3v) is 6.93. The first kappa shape index (κ1) is 20.5. The van der Waals surface area contributed by atoms with Crippen molar-refractivity contribution in [1.82, 2.24) is 19.6 Å². The van der Waals surface area contributed by atoms with Crippen molar-refractivity contribution >= 4 is 15.9 Å². The van der Waals surface area contributed by atoms with Crippen molar-refractivity contribution in [3.8, 4) is 5.88 Å².